The van der Waals surface area contributed by atoms with Crippen molar-refractivity contribution in [2.24, 2.45) is 0 Å². The molecule has 5 aromatic carbocycles. The Labute approximate surface area is 244 Å². The van der Waals surface area contributed by atoms with Crippen LogP contribution in [0.5, 0.6) is 0 Å². The number of aryl methyl sites for hydroxylation is 3. The van der Waals surface area contributed by atoms with Crippen molar-refractivity contribution in [1.29, 1.82) is 0 Å². The quantitative estimate of drug-likeness (QED) is 0.218. The van der Waals surface area contributed by atoms with Crippen LogP contribution in [0.2, 0.25) is 0 Å². The molecule has 1 unspecified atom stereocenters. The third-order valence-corrected chi connectivity index (χ3v) is 8.99. The smallest absolute Gasteiger partial charge is 0.00559 e. The lowest BCUT2D eigenvalue weighted by atomic mass is 9.79. The topological polar surface area (TPSA) is 0 Å². The summed E-state index contributed by atoms with van der Waals surface area (Å²) in [5.74, 6) is 0.444. The van der Waals surface area contributed by atoms with Gasteiger partial charge in [0.15, 0.2) is 0 Å². The van der Waals surface area contributed by atoms with Crippen molar-refractivity contribution in [3.63, 3.8) is 0 Å². The van der Waals surface area contributed by atoms with Gasteiger partial charge in [-0.05, 0) is 112 Å². The molecule has 0 bridgehead atoms. The van der Waals surface area contributed by atoms with E-state index in [1.807, 2.05) is 0 Å². The molecule has 0 radical (unpaired) electrons. The molecule has 0 amide bonds. The standard InChI is InChI=1S/C41H36/c1-27-20-21-28(2)39(24-27)34-23-22-33(25-29(34)3)41-37-18-9-7-16-35(37)40(36-17-8-10-19-38(36)41)32-15-11-14-31(26-32)30-12-5-4-6-13-30/h4-7,9-12,14-16,18-26,30H,8,13,17H2,1-3H3. The summed E-state index contributed by atoms with van der Waals surface area (Å²) in [5, 5.41) is 2.68. The maximum absolute atomic E-state index is 2.44. The van der Waals surface area contributed by atoms with Crippen LogP contribution in [-0.4, -0.2) is 0 Å². The van der Waals surface area contributed by atoms with Crippen LogP contribution in [0.25, 0.3) is 50.2 Å². The summed E-state index contributed by atoms with van der Waals surface area (Å²) in [6.07, 6.45) is 16.9. The Morgan fingerprint density at radius 3 is 2.27 bits per heavy atom. The van der Waals surface area contributed by atoms with Crippen molar-refractivity contribution < 1.29 is 0 Å². The largest absolute Gasteiger partial charge is 0.0836 e. The highest BCUT2D eigenvalue weighted by Gasteiger charge is 2.22. The van der Waals surface area contributed by atoms with E-state index in [1.54, 1.807) is 0 Å². The van der Waals surface area contributed by atoms with Gasteiger partial charge in [0.05, 0.1) is 0 Å². The van der Waals surface area contributed by atoms with Gasteiger partial charge >= 0.3 is 0 Å². The Morgan fingerprint density at radius 1 is 0.634 bits per heavy atom. The number of benzene rings is 5. The molecule has 0 fully saturated rings. The molecule has 0 aliphatic heterocycles. The van der Waals surface area contributed by atoms with E-state index in [0.717, 1.165) is 19.3 Å². The van der Waals surface area contributed by atoms with E-state index in [4.69, 9.17) is 0 Å². The molecule has 0 N–H and O–H groups in total. The average Bonchev–Trinajstić information content (AvgIpc) is 3.01. The minimum Gasteiger partial charge on any atom is -0.0836 e. The molecule has 1 atom stereocenters. The van der Waals surface area contributed by atoms with E-state index in [9.17, 15) is 0 Å². The normalized spacial score (nSPS) is 15.8. The molecule has 200 valence electrons. The summed E-state index contributed by atoms with van der Waals surface area (Å²) in [6, 6.07) is 32.2. The minimum absolute atomic E-state index is 0.444. The van der Waals surface area contributed by atoms with Gasteiger partial charge < -0.3 is 0 Å². The van der Waals surface area contributed by atoms with Crippen LogP contribution in [-0.2, 0) is 6.42 Å². The second-order valence-corrected chi connectivity index (χ2v) is 11.8. The molecule has 0 saturated heterocycles. The number of allylic oxidation sites excluding steroid dienone is 5. The van der Waals surface area contributed by atoms with Gasteiger partial charge in [-0.2, -0.15) is 0 Å². The molecule has 0 heteroatoms. The van der Waals surface area contributed by atoms with Crippen LogP contribution in [0.3, 0.4) is 0 Å². The first-order chi connectivity index (χ1) is 20.1. The van der Waals surface area contributed by atoms with Gasteiger partial charge in [0.2, 0.25) is 0 Å². The van der Waals surface area contributed by atoms with Crippen molar-refractivity contribution in [3.05, 3.63) is 149 Å². The first-order valence-electron chi connectivity index (χ1n) is 14.9. The lowest BCUT2D eigenvalue weighted by Gasteiger charge is -2.25. The fourth-order valence-electron chi connectivity index (χ4n) is 6.93. The molecule has 0 spiro atoms. The minimum atomic E-state index is 0.444. The van der Waals surface area contributed by atoms with E-state index in [-0.39, 0.29) is 0 Å². The molecule has 7 rings (SSSR count). The van der Waals surface area contributed by atoms with Crippen LogP contribution in [0, 0.1) is 20.8 Å². The number of hydrogen-bond acceptors (Lipinski definition) is 0. The van der Waals surface area contributed by atoms with Crippen molar-refractivity contribution in [3.8, 4) is 33.4 Å². The highest BCUT2D eigenvalue weighted by molar-refractivity contribution is 6.10. The Kier molecular flexibility index (Phi) is 6.56. The van der Waals surface area contributed by atoms with E-state index in [1.165, 1.54) is 77.5 Å². The first-order valence-corrected chi connectivity index (χ1v) is 14.9. The summed E-state index contributed by atoms with van der Waals surface area (Å²) in [5.41, 5.74) is 16.3. The maximum atomic E-state index is 2.44. The molecule has 41 heavy (non-hydrogen) atoms. The van der Waals surface area contributed by atoms with Crippen LogP contribution in [0.15, 0.2) is 115 Å². The molecule has 0 aromatic heterocycles. The second-order valence-electron chi connectivity index (χ2n) is 11.8. The van der Waals surface area contributed by atoms with Crippen LogP contribution >= 0.6 is 0 Å². The maximum Gasteiger partial charge on any atom is 0.00559 e. The van der Waals surface area contributed by atoms with Crippen molar-refractivity contribution in [2.45, 2.75) is 46.0 Å². The molecule has 2 aliphatic rings. The van der Waals surface area contributed by atoms with E-state index in [2.05, 4.69) is 142 Å². The fourth-order valence-corrected chi connectivity index (χ4v) is 6.93. The monoisotopic (exact) mass is 528 g/mol. The zero-order valence-electron chi connectivity index (χ0n) is 24.2. The van der Waals surface area contributed by atoms with E-state index >= 15 is 0 Å². The van der Waals surface area contributed by atoms with Crippen LogP contribution < -0.4 is 0 Å². The molecule has 2 aliphatic carbocycles. The number of fused-ring (bicyclic) bond motifs is 2. The van der Waals surface area contributed by atoms with Crippen molar-refractivity contribution in [1.82, 2.24) is 0 Å². The Hall–Kier alpha value is -4.42. The molecule has 5 aromatic rings. The summed E-state index contributed by atoms with van der Waals surface area (Å²) in [6.45, 7) is 6.66. The second kappa shape index (κ2) is 10.5. The molecule has 0 nitrogen and oxygen atoms in total. The molecule has 0 heterocycles. The number of hydrogen-bond donors (Lipinski definition) is 0. The van der Waals surface area contributed by atoms with Gasteiger partial charge in [-0.25, -0.2) is 0 Å². The van der Waals surface area contributed by atoms with Crippen LogP contribution in [0.1, 0.15) is 52.1 Å². The predicted molar refractivity (Wildman–Crippen MR) is 177 cm³/mol. The zero-order chi connectivity index (χ0) is 27.9. The molecular formula is C41H36. The van der Waals surface area contributed by atoms with Crippen molar-refractivity contribution >= 4 is 16.8 Å². The summed E-state index contributed by atoms with van der Waals surface area (Å²) in [7, 11) is 0. The summed E-state index contributed by atoms with van der Waals surface area (Å²) < 4.78 is 0. The third-order valence-electron chi connectivity index (χ3n) is 8.99. The SMILES string of the molecule is Cc1ccc(C)c(-c2ccc(-c3c4c(c(-c5cccc(C6C=CC=CC6)c5)c5ccccc35)CCC=C4)cc2C)c1. The highest BCUT2D eigenvalue weighted by Crippen LogP contribution is 2.45. The molecule has 0 saturated carbocycles. The number of rotatable bonds is 4. The van der Waals surface area contributed by atoms with Gasteiger partial charge in [0.1, 0.15) is 0 Å². The predicted octanol–water partition coefficient (Wildman–Crippen LogP) is 11.3. The first kappa shape index (κ1) is 25.5. The van der Waals surface area contributed by atoms with E-state index in [0.29, 0.717) is 5.92 Å². The Balaban J connectivity index is 1.43. The van der Waals surface area contributed by atoms with Gasteiger partial charge in [0.25, 0.3) is 0 Å². The fraction of sp³-hybridized carbons (Fsp3) is 0.171. The highest BCUT2D eigenvalue weighted by atomic mass is 14.3. The third kappa shape index (κ3) is 4.58. The van der Waals surface area contributed by atoms with E-state index < -0.39 is 0 Å². The lowest BCUT2D eigenvalue weighted by Crippen LogP contribution is -2.03. The Morgan fingerprint density at radius 2 is 1.46 bits per heavy atom. The lowest BCUT2D eigenvalue weighted by molar-refractivity contribution is 0.854. The zero-order valence-corrected chi connectivity index (χ0v) is 24.2. The Bertz CT molecular complexity index is 1890. The summed E-state index contributed by atoms with van der Waals surface area (Å²) >= 11 is 0. The van der Waals surface area contributed by atoms with Gasteiger partial charge in [-0.3, -0.25) is 0 Å². The molecular weight excluding hydrogens is 492 g/mol. The van der Waals surface area contributed by atoms with Gasteiger partial charge in [0, 0.05) is 5.92 Å². The van der Waals surface area contributed by atoms with Crippen LogP contribution in [0.4, 0.5) is 0 Å². The van der Waals surface area contributed by atoms with Gasteiger partial charge in [-0.1, -0.05) is 127 Å². The van der Waals surface area contributed by atoms with Crippen molar-refractivity contribution in [2.75, 3.05) is 0 Å². The summed E-state index contributed by atoms with van der Waals surface area (Å²) in [4.78, 5) is 0. The van der Waals surface area contributed by atoms with Gasteiger partial charge in [-0.15, -0.1) is 0 Å². The average molecular weight is 529 g/mol.